The van der Waals surface area contributed by atoms with E-state index < -0.39 is 12.1 Å². The van der Waals surface area contributed by atoms with Crippen molar-refractivity contribution in [3.05, 3.63) is 53.7 Å². The lowest BCUT2D eigenvalue weighted by Crippen LogP contribution is -2.04. The van der Waals surface area contributed by atoms with Crippen LogP contribution in [0.25, 0.3) is 11.4 Å². The summed E-state index contributed by atoms with van der Waals surface area (Å²) in [5, 5.41) is 7.56. The number of benzene rings is 1. The highest BCUT2D eigenvalue weighted by atomic mass is 19.4. The van der Waals surface area contributed by atoms with E-state index in [1.807, 2.05) is 0 Å². The molecule has 0 bridgehead atoms. The molecule has 1 aromatic carbocycles. The van der Waals surface area contributed by atoms with Crippen LogP contribution in [0.1, 0.15) is 41.1 Å². The lowest BCUT2D eigenvalue weighted by atomic mass is 10.1. The minimum Gasteiger partial charge on any atom is -0.329 e. The van der Waals surface area contributed by atoms with E-state index >= 15 is 0 Å². The van der Waals surface area contributed by atoms with Crippen molar-refractivity contribution in [1.82, 2.24) is 19.9 Å². The number of alkyl halides is 3. The molecule has 27 heavy (non-hydrogen) atoms. The molecular weight excluding hydrogens is 361 g/mol. The van der Waals surface area contributed by atoms with Crippen LogP contribution in [-0.2, 0) is 12.7 Å². The molecule has 1 aliphatic carbocycles. The third-order valence-corrected chi connectivity index (χ3v) is 4.35. The minimum absolute atomic E-state index is 0.108. The van der Waals surface area contributed by atoms with Crippen molar-refractivity contribution < 1.29 is 22.5 Å². The number of hydrogen-bond donors (Lipinski definition) is 0. The largest absolute Gasteiger partial charge is 0.471 e. The van der Waals surface area contributed by atoms with Gasteiger partial charge in [-0.15, -0.1) is 0 Å². The Balaban J connectivity index is 1.43. The number of ketones is 1. The van der Waals surface area contributed by atoms with E-state index in [4.69, 9.17) is 0 Å². The summed E-state index contributed by atoms with van der Waals surface area (Å²) in [6.07, 6.45) is 1.43. The molecule has 9 heteroatoms. The quantitative estimate of drug-likeness (QED) is 0.609. The van der Waals surface area contributed by atoms with Gasteiger partial charge in [0.25, 0.3) is 0 Å². The molecule has 6 nitrogen and oxygen atoms in total. The van der Waals surface area contributed by atoms with Crippen LogP contribution >= 0.6 is 0 Å². The van der Waals surface area contributed by atoms with Gasteiger partial charge < -0.3 is 4.52 Å². The Bertz CT molecular complexity index is 956. The number of aromatic nitrogens is 4. The van der Waals surface area contributed by atoms with Gasteiger partial charge in [0, 0.05) is 18.2 Å². The molecule has 0 spiro atoms. The summed E-state index contributed by atoms with van der Waals surface area (Å²) in [6.45, 7) is 0.442. The lowest BCUT2D eigenvalue weighted by molar-refractivity contribution is -0.159. The second-order valence-corrected chi connectivity index (χ2v) is 6.62. The van der Waals surface area contributed by atoms with E-state index in [0.717, 1.165) is 18.4 Å². The summed E-state index contributed by atoms with van der Waals surface area (Å²) in [6, 6.07) is 6.71. The number of halogens is 3. The van der Waals surface area contributed by atoms with Crippen molar-refractivity contribution in [2.75, 3.05) is 0 Å². The summed E-state index contributed by atoms with van der Waals surface area (Å²) >= 11 is 0. The Hall–Kier alpha value is -2.97. The zero-order valence-electron chi connectivity index (χ0n) is 14.1. The van der Waals surface area contributed by atoms with Gasteiger partial charge in [0.2, 0.25) is 5.82 Å². The number of carbonyl (C=O) groups is 1. The standard InChI is InChI=1S/C18H15F3N4O2/c19-18(20,21)17-23-16(24-27-17)13-5-3-12(4-6-13)9-25-10-14(8-22-25)15(26)7-11-1-2-11/h3-6,8,10-11H,1-2,7,9H2. The predicted octanol–water partition coefficient (Wildman–Crippen LogP) is 3.98. The molecule has 0 unspecified atom stereocenters. The topological polar surface area (TPSA) is 73.8 Å². The van der Waals surface area contributed by atoms with Crippen LogP contribution in [0.5, 0.6) is 0 Å². The summed E-state index contributed by atoms with van der Waals surface area (Å²) in [4.78, 5) is 15.4. The van der Waals surface area contributed by atoms with Crippen LogP contribution in [0.3, 0.4) is 0 Å². The number of Topliss-reactive ketones (excluding diaryl/α,β-unsaturated/α-hetero) is 1. The summed E-state index contributed by atoms with van der Waals surface area (Å²) in [7, 11) is 0. The Morgan fingerprint density at radius 3 is 2.59 bits per heavy atom. The second kappa shape index (κ2) is 6.64. The van der Waals surface area contributed by atoms with Crippen LogP contribution in [0.2, 0.25) is 0 Å². The average Bonchev–Trinajstić information content (AvgIpc) is 3.12. The first-order valence-electron chi connectivity index (χ1n) is 8.44. The molecule has 2 aromatic heterocycles. The fraction of sp³-hybridized carbons (Fsp3) is 0.333. The fourth-order valence-electron chi connectivity index (χ4n) is 2.70. The maximum absolute atomic E-state index is 12.5. The van der Waals surface area contributed by atoms with Crippen molar-refractivity contribution in [3.63, 3.8) is 0 Å². The van der Waals surface area contributed by atoms with Gasteiger partial charge in [0.1, 0.15) is 0 Å². The van der Waals surface area contributed by atoms with Gasteiger partial charge in [0.15, 0.2) is 5.78 Å². The first kappa shape index (κ1) is 17.4. The van der Waals surface area contributed by atoms with Crippen molar-refractivity contribution in [2.45, 2.75) is 32.0 Å². The maximum atomic E-state index is 12.5. The molecule has 0 saturated heterocycles. The molecule has 140 valence electrons. The van der Waals surface area contributed by atoms with E-state index in [9.17, 15) is 18.0 Å². The van der Waals surface area contributed by atoms with Gasteiger partial charge in [-0.25, -0.2) is 0 Å². The monoisotopic (exact) mass is 376 g/mol. The van der Waals surface area contributed by atoms with Crippen LogP contribution < -0.4 is 0 Å². The fourth-order valence-corrected chi connectivity index (χ4v) is 2.70. The molecule has 0 atom stereocenters. The molecular formula is C18H15F3N4O2. The number of rotatable bonds is 6. The maximum Gasteiger partial charge on any atom is 0.471 e. The highest BCUT2D eigenvalue weighted by Gasteiger charge is 2.38. The van der Waals surface area contributed by atoms with Crippen LogP contribution in [0.4, 0.5) is 13.2 Å². The third kappa shape index (κ3) is 4.07. The van der Waals surface area contributed by atoms with Crippen molar-refractivity contribution in [2.24, 2.45) is 5.92 Å². The number of nitrogens with zero attached hydrogens (tertiary/aromatic N) is 4. The third-order valence-electron chi connectivity index (χ3n) is 4.35. The van der Waals surface area contributed by atoms with E-state index in [1.54, 1.807) is 41.3 Å². The van der Waals surface area contributed by atoms with Crippen LogP contribution in [0.15, 0.2) is 41.2 Å². The van der Waals surface area contributed by atoms with Gasteiger partial charge in [-0.05, 0) is 24.3 Å². The summed E-state index contributed by atoms with van der Waals surface area (Å²) in [5.74, 6) is -0.865. The Morgan fingerprint density at radius 2 is 1.96 bits per heavy atom. The van der Waals surface area contributed by atoms with Gasteiger partial charge >= 0.3 is 12.1 Å². The lowest BCUT2D eigenvalue weighted by Gasteiger charge is -2.03. The van der Waals surface area contributed by atoms with Gasteiger partial charge in [-0.2, -0.15) is 23.3 Å². The predicted molar refractivity (Wildman–Crippen MR) is 87.7 cm³/mol. The van der Waals surface area contributed by atoms with Crippen LogP contribution in [0, 0.1) is 5.92 Å². The van der Waals surface area contributed by atoms with Crippen molar-refractivity contribution in [3.8, 4) is 11.4 Å². The minimum atomic E-state index is -4.67. The Kier molecular flexibility index (Phi) is 4.29. The Morgan fingerprint density at radius 1 is 1.22 bits per heavy atom. The molecule has 1 fully saturated rings. The smallest absolute Gasteiger partial charge is 0.329 e. The molecule has 1 saturated carbocycles. The van der Waals surface area contributed by atoms with E-state index in [0.29, 0.717) is 30.0 Å². The zero-order chi connectivity index (χ0) is 19.0. The zero-order valence-corrected chi connectivity index (χ0v) is 14.1. The van der Waals surface area contributed by atoms with Crippen LogP contribution in [-0.4, -0.2) is 25.7 Å². The first-order chi connectivity index (χ1) is 12.9. The molecule has 0 radical (unpaired) electrons. The van der Waals surface area contributed by atoms with E-state index in [-0.39, 0.29) is 11.6 Å². The number of hydrogen-bond acceptors (Lipinski definition) is 5. The van der Waals surface area contributed by atoms with E-state index in [1.165, 1.54) is 0 Å². The second-order valence-electron chi connectivity index (χ2n) is 6.62. The highest BCUT2D eigenvalue weighted by molar-refractivity contribution is 5.95. The van der Waals surface area contributed by atoms with Crippen molar-refractivity contribution >= 4 is 5.78 Å². The summed E-state index contributed by atoms with van der Waals surface area (Å²) in [5.41, 5.74) is 1.89. The molecule has 0 amide bonds. The highest BCUT2D eigenvalue weighted by Crippen LogP contribution is 2.33. The molecule has 0 N–H and O–H groups in total. The first-order valence-corrected chi connectivity index (χ1v) is 8.44. The average molecular weight is 376 g/mol. The molecule has 3 aromatic rings. The molecule has 1 aliphatic rings. The van der Waals surface area contributed by atoms with Crippen molar-refractivity contribution in [1.29, 1.82) is 0 Å². The Labute approximate surface area is 152 Å². The van der Waals surface area contributed by atoms with Gasteiger partial charge in [-0.3, -0.25) is 9.48 Å². The van der Waals surface area contributed by atoms with E-state index in [2.05, 4.69) is 19.8 Å². The molecule has 0 aliphatic heterocycles. The SMILES string of the molecule is O=C(CC1CC1)c1cnn(Cc2ccc(-c3noc(C(F)(F)F)n3)cc2)c1. The normalized spacial score (nSPS) is 14.5. The molecule has 4 rings (SSSR count). The summed E-state index contributed by atoms with van der Waals surface area (Å²) < 4.78 is 43.5. The number of carbonyl (C=O) groups excluding carboxylic acids is 1. The van der Waals surface area contributed by atoms with Gasteiger partial charge in [-0.1, -0.05) is 29.4 Å². The van der Waals surface area contributed by atoms with Gasteiger partial charge in [0.05, 0.1) is 18.3 Å². The molecule has 2 heterocycles.